The van der Waals surface area contributed by atoms with Crippen LogP contribution in [0, 0.1) is 0 Å². The first-order chi connectivity index (χ1) is 11.1. The van der Waals surface area contributed by atoms with E-state index in [0.29, 0.717) is 32.7 Å². The zero-order valence-corrected chi connectivity index (χ0v) is 13.4. The number of carbonyl (C=O) groups excluding carboxylic acids is 2. The quantitative estimate of drug-likeness (QED) is 0.901. The summed E-state index contributed by atoms with van der Waals surface area (Å²) in [4.78, 5) is 28.1. The number of anilines is 1. The lowest BCUT2D eigenvalue weighted by Crippen LogP contribution is -2.47. The van der Waals surface area contributed by atoms with Crippen LogP contribution in [0.25, 0.3) is 0 Å². The number of nitrogens with zero attached hydrogens (tertiary/aromatic N) is 2. The van der Waals surface area contributed by atoms with Gasteiger partial charge in [0.25, 0.3) is 0 Å². The predicted octanol–water partition coefficient (Wildman–Crippen LogP) is 1.61. The molecule has 0 unspecified atom stereocenters. The van der Waals surface area contributed by atoms with E-state index in [9.17, 15) is 9.59 Å². The highest BCUT2D eigenvalue weighted by Gasteiger charge is 2.32. The largest absolute Gasteiger partial charge is 0.377 e. The highest BCUT2D eigenvalue weighted by Crippen LogP contribution is 2.21. The zero-order valence-electron chi connectivity index (χ0n) is 13.4. The summed E-state index contributed by atoms with van der Waals surface area (Å²) >= 11 is 0. The van der Waals surface area contributed by atoms with Crippen molar-refractivity contribution in [1.29, 1.82) is 0 Å². The van der Waals surface area contributed by atoms with Gasteiger partial charge in [-0.1, -0.05) is 18.2 Å². The van der Waals surface area contributed by atoms with Crippen molar-refractivity contribution in [1.82, 2.24) is 10.2 Å². The number of hydrogen-bond acceptors (Lipinski definition) is 3. The molecule has 2 saturated heterocycles. The van der Waals surface area contributed by atoms with Crippen molar-refractivity contribution < 1.29 is 14.3 Å². The number of nitrogens with one attached hydrogen (secondary N) is 1. The van der Waals surface area contributed by atoms with Crippen LogP contribution in [0.4, 0.5) is 10.5 Å². The molecule has 0 aliphatic carbocycles. The van der Waals surface area contributed by atoms with Gasteiger partial charge in [-0.2, -0.15) is 0 Å². The van der Waals surface area contributed by atoms with Gasteiger partial charge in [0.15, 0.2) is 0 Å². The minimum absolute atomic E-state index is 0.0501. The van der Waals surface area contributed by atoms with E-state index in [2.05, 4.69) is 5.32 Å². The minimum atomic E-state index is -0.144. The normalized spacial score (nSPS) is 25.3. The lowest BCUT2D eigenvalue weighted by Gasteiger charge is -2.24. The molecule has 6 heteroatoms. The van der Waals surface area contributed by atoms with Gasteiger partial charge >= 0.3 is 6.03 Å². The number of amides is 3. The fourth-order valence-corrected chi connectivity index (χ4v) is 3.11. The summed E-state index contributed by atoms with van der Waals surface area (Å²) in [6.07, 6.45) is 1.24. The summed E-state index contributed by atoms with van der Waals surface area (Å²) in [5.41, 5.74) is 0.881. The van der Waals surface area contributed by atoms with Crippen molar-refractivity contribution in [3.8, 4) is 0 Å². The molecule has 0 aromatic heterocycles. The minimum Gasteiger partial charge on any atom is -0.377 e. The maximum Gasteiger partial charge on any atom is 0.317 e. The molecule has 0 saturated carbocycles. The Morgan fingerprint density at radius 1 is 1.26 bits per heavy atom. The number of hydrogen-bond donors (Lipinski definition) is 1. The van der Waals surface area contributed by atoms with Crippen LogP contribution in [-0.4, -0.2) is 55.2 Å². The summed E-state index contributed by atoms with van der Waals surface area (Å²) in [6, 6.07) is 9.32. The van der Waals surface area contributed by atoms with E-state index in [1.807, 2.05) is 37.3 Å². The van der Waals surface area contributed by atoms with E-state index in [1.54, 1.807) is 9.80 Å². The van der Waals surface area contributed by atoms with E-state index in [0.717, 1.165) is 12.1 Å². The second-order valence-corrected chi connectivity index (χ2v) is 6.17. The average Bonchev–Trinajstić information content (AvgIpc) is 2.77. The van der Waals surface area contributed by atoms with Crippen molar-refractivity contribution >= 4 is 17.6 Å². The molecule has 1 N–H and O–H groups in total. The van der Waals surface area contributed by atoms with Gasteiger partial charge in [0, 0.05) is 38.3 Å². The van der Waals surface area contributed by atoms with Crippen LogP contribution in [0.5, 0.6) is 0 Å². The third-order valence-corrected chi connectivity index (χ3v) is 4.26. The van der Waals surface area contributed by atoms with Gasteiger partial charge in [0.1, 0.15) is 0 Å². The molecule has 1 aromatic carbocycles. The molecule has 3 amide bonds. The molecular formula is C17H23N3O3. The molecule has 23 heavy (non-hydrogen) atoms. The van der Waals surface area contributed by atoms with Crippen molar-refractivity contribution in [3.63, 3.8) is 0 Å². The Morgan fingerprint density at radius 2 is 2.04 bits per heavy atom. The molecule has 0 spiro atoms. The van der Waals surface area contributed by atoms with Crippen LogP contribution in [0.3, 0.4) is 0 Å². The Labute approximate surface area is 136 Å². The Morgan fingerprint density at radius 3 is 2.83 bits per heavy atom. The van der Waals surface area contributed by atoms with Crippen molar-refractivity contribution in [2.24, 2.45) is 0 Å². The Bertz CT molecular complexity index is 563. The highest BCUT2D eigenvalue weighted by molar-refractivity contribution is 5.96. The van der Waals surface area contributed by atoms with Crippen LogP contribution in [-0.2, 0) is 9.53 Å². The highest BCUT2D eigenvalue weighted by atomic mass is 16.5. The lowest BCUT2D eigenvalue weighted by atomic mass is 10.2. The molecule has 2 aliphatic heterocycles. The maximum atomic E-state index is 12.4. The average molecular weight is 317 g/mol. The number of urea groups is 1. The monoisotopic (exact) mass is 317 g/mol. The zero-order chi connectivity index (χ0) is 16.2. The summed E-state index contributed by atoms with van der Waals surface area (Å²) < 4.78 is 5.56. The summed E-state index contributed by atoms with van der Waals surface area (Å²) in [5, 5.41) is 3.00. The van der Waals surface area contributed by atoms with Crippen molar-refractivity contribution in [2.75, 3.05) is 31.1 Å². The van der Waals surface area contributed by atoms with Gasteiger partial charge < -0.3 is 19.9 Å². The van der Waals surface area contributed by atoms with E-state index in [1.165, 1.54) is 0 Å². The number of ether oxygens (including phenoxy) is 1. The molecule has 3 rings (SSSR count). The van der Waals surface area contributed by atoms with Crippen LogP contribution in [0.2, 0.25) is 0 Å². The number of benzene rings is 1. The topological polar surface area (TPSA) is 61.9 Å². The molecule has 2 heterocycles. The Hall–Kier alpha value is -2.08. The third kappa shape index (κ3) is 3.82. The standard InChI is InChI=1S/C17H23N3O3/c1-13-11-19(8-5-9-23-13)17(22)18-14-10-16(21)20(12-14)15-6-3-2-4-7-15/h2-4,6-7,13-14H,5,8-12H2,1H3,(H,18,22)/t13-,14-/m0/s1. The van der Waals surface area contributed by atoms with Crippen molar-refractivity contribution in [2.45, 2.75) is 31.9 Å². The molecule has 124 valence electrons. The van der Waals surface area contributed by atoms with Gasteiger partial charge in [0.05, 0.1) is 12.1 Å². The molecule has 6 nitrogen and oxygen atoms in total. The van der Waals surface area contributed by atoms with E-state index >= 15 is 0 Å². The number of carbonyl (C=O) groups is 2. The van der Waals surface area contributed by atoms with E-state index < -0.39 is 0 Å². The first-order valence-electron chi connectivity index (χ1n) is 8.16. The summed E-state index contributed by atoms with van der Waals surface area (Å²) in [7, 11) is 0. The second-order valence-electron chi connectivity index (χ2n) is 6.17. The first-order valence-corrected chi connectivity index (χ1v) is 8.16. The van der Waals surface area contributed by atoms with Gasteiger partial charge in [-0.25, -0.2) is 4.79 Å². The fraction of sp³-hybridized carbons (Fsp3) is 0.529. The molecule has 0 bridgehead atoms. The third-order valence-electron chi connectivity index (χ3n) is 4.26. The second kappa shape index (κ2) is 7.00. The predicted molar refractivity (Wildman–Crippen MR) is 87.3 cm³/mol. The van der Waals surface area contributed by atoms with E-state index in [-0.39, 0.29) is 24.1 Å². The molecule has 2 fully saturated rings. The number of para-hydroxylation sites is 1. The SMILES string of the molecule is C[C@H]1CN(C(=O)N[C@H]2CC(=O)N(c3ccccc3)C2)CCCO1. The van der Waals surface area contributed by atoms with Crippen LogP contribution < -0.4 is 10.2 Å². The van der Waals surface area contributed by atoms with Gasteiger partial charge in [-0.15, -0.1) is 0 Å². The fourth-order valence-electron chi connectivity index (χ4n) is 3.11. The summed E-state index contributed by atoms with van der Waals surface area (Å²) in [5.74, 6) is 0.0501. The smallest absolute Gasteiger partial charge is 0.317 e. The number of rotatable bonds is 2. The van der Waals surface area contributed by atoms with E-state index in [4.69, 9.17) is 4.74 Å². The summed E-state index contributed by atoms with van der Waals surface area (Å²) in [6.45, 7) is 4.47. The Kier molecular flexibility index (Phi) is 4.81. The molecular weight excluding hydrogens is 294 g/mol. The van der Waals surface area contributed by atoms with Crippen LogP contribution in [0.15, 0.2) is 30.3 Å². The first kappa shape index (κ1) is 15.8. The molecule has 1 aromatic rings. The maximum absolute atomic E-state index is 12.4. The van der Waals surface area contributed by atoms with Gasteiger partial charge in [-0.3, -0.25) is 4.79 Å². The molecule has 0 radical (unpaired) electrons. The van der Waals surface area contributed by atoms with Crippen molar-refractivity contribution in [3.05, 3.63) is 30.3 Å². The van der Waals surface area contributed by atoms with Crippen LogP contribution in [0.1, 0.15) is 19.8 Å². The Balaban J connectivity index is 1.58. The molecule has 2 atom stereocenters. The van der Waals surface area contributed by atoms with Gasteiger partial charge in [0.2, 0.25) is 5.91 Å². The van der Waals surface area contributed by atoms with Gasteiger partial charge in [-0.05, 0) is 25.5 Å². The lowest BCUT2D eigenvalue weighted by molar-refractivity contribution is -0.117. The van der Waals surface area contributed by atoms with Crippen LogP contribution >= 0.6 is 0 Å². The molecule has 2 aliphatic rings.